The molecule has 0 spiro atoms. The molecule has 1 aliphatic rings. The molecule has 22 heavy (non-hydrogen) atoms. The molecule has 0 N–H and O–H groups in total. The molecule has 0 unspecified atom stereocenters. The van der Waals surface area contributed by atoms with Gasteiger partial charge in [0, 0.05) is 6.61 Å². The number of hydrogen-bond donors (Lipinski definition) is 0. The summed E-state index contributed by atoms with van der Waals surface area (Å²) in [5.74, 6) is -1.11. The Morgan fingerprint density at radius 1 is 1.27 bits per heavy atom. The summed E-state index contributed by atoms with van der Waals surface area (Å²) in [4.78, 5) is 40.3. The van der Waals surface area contributed by atoms with E-state index in [0.29, 0.717) is 23.1 Å². The van der Waals surface area contributed by atoms with Gasteiger partial charge in [-0.2, -0.15) is 0 Å². The van der Waals surface area contributed by atoms with Crippen LogP contribution < -0.4 is 0 Å². The molecule has 1 rings (SSSR count). The molecule has 7 nitrogen and oxygen atoms in total. The van der Waals surface area contributed by atoms with Crippen molar-refractivity contribution in [2.45, 2.75) is 65.9 Å². The van der Waals surface area contributed by atoms with Crippen molar-refractivity contribution >= 4 is 11.9 Å². The second-order valence-electron chi connectivity index (χ2n) is 6.86. The molecule has 0 aromatic heterocycles. The zero-order valence-electron chi connectivity index (χ0n) is 14.2. The Labute approximate surface area is 131 Å². The standard InChI is InChI=1S/C15H27N2O5/c1-6-8-15(4,5)21-11-9-14(2,3)13(19)22-17-12(18)7-10-16(17)20/h6-11H2,1-5H3/q+1. The zero-order chi connectivity index (χ0) is 17.0. The minimum atomic E-state index is -0.841. The molecule has 1 amide bonds. The van der Waals surface area contributed by atoms with Crippen LogP contribution in [0.4, 0.5) is 0 Å². The number of carbonyl (C=O) groups excluding carboxylic acids is 2. The van der Waals surface area contributed by atoms with Gasteiger partial charge in [0.2, 0.25) is 6.54 Å². The maximum absolute atomic E-state index is 12.2. The van der Waals surface area contributed by atoms with E-state index >= 15 is 0 Å². The van der Waals surface area contributed by atoms with Crippen molar-refractivity contribution in [2.75, 3.05) is 13.2 Å². The fourth-order valence-electron chi connectivity index (χ4n) is 2.16. The summed E-state index contributed by atoms with van der Waals surface area (Å²) in [5.41, 5.74) is -1.07. The lowest BCUT2D eigenvalue weighted by molar-refractivity contribution is -0.731. The van der Waals surface area contributed by atoms with Crippen LogP contribution in [0.3, 0.4) is 0 Å². The Kier molecular flexibility index (Phi) is 6.05. The Morgan fingerprint density at radius 3 is 2.41 bits per heavy atom. The number of hydrogen-bond acceptors (Lipinski definition) is 5. The highest BCUT2D eigenvalue weighted by molar-refractivity contribution is 5.80. The van der Waals surface area contributed by atoms with Crippen LogP contribution in [0.5, 0.6) is 0 Å². The highest BCUT2D eigenvalue weighted by atomic mass is 16.8. The number of nitroso groups, excluding NO2 is 1. The van der Waals surface area contributed by atoms with Gasteiger partial charge in [0.1, 0.15) is 11.6 Å². The van der Waals surface area contributed by atoms with Crippen LogP contribution in [-0.4, -0.2) is 40.7 Å². The minimum Gasteiger partial charge on any atom is -0.376 e. The molecule has 126 valence electrons. The monoisotopic (exact) mass is 315 g/mol. The first-order valence-electron chi connectivity index (χ1n) is 7.73. The summed E-state index contributed by atoms with van der Waals surface area (Å²) in [5, 5.41) is 0.506. The Hall–Kier alpha value is -1.50. The number of amides is 1. The fraction of sp³-hybridized carbons (Fsp3) is 0.867. The van der Waals surface area contributed by atoms with Crippen LogP contribution in [0.2, 0.25) is 0 Å². The first-order chi connectivity index (χ1) is 10.1. The van der Waals surface area contributed by atoms with Crippen LogP contribution >= 0.6 is 0 Å². The molecule has 0 radical (unpaired) electrons. The third-order valence-corrected chi connectivity index (χ3v) is 3.73. The van der Waals surface area contributed by atoms with Crippen molar-refractivity contribution < 1.29 is 24.0 Å². The topological polar surface area (TPSA) is 75.9 Å². The molecular weight excluding hydrogens is 288 g/mol. The molecule has 0 bridgehead atoms. The highest BCUT2D eigenvalue weighted by Gasteiger charge is 2.44. The molecule has 0 aromatic carbocycles. The third-order valence-electron chi connectivity index (χ3n) is 3.73. The Bertz CT molecular complexity index is 429. The van der Waals surface area contributed by atoms with E-state index in [1.165, 1.54) is 0 Å². The lowest BCUT2D eigenvalue weighted by Crippen LogP contribution is -2.39. The van der Waals surface area contributed by atoms with Crippen LogP contribution in [0.25, 0.3) is 0 Å². The lowest BCUT2D eigenvalue weighted by Gasteiger charge is -2.28. The second kappa shape index (κ2) is 7.17. The molecular formula is C15H27N2O5+. The maximum Gasteiger partial charge on any atom is 0.344 e. The summed E-state index contributed by atoms with van der Waals surface area (Å²) in [6, 6.07) is 0. The normalized spacial score (nSPS) is 16.3. The average Bonchev–Trinajstić information content (AvgIpc) is 2.69. The van der Waals surface area contributed by atoms with E-state index in [2.05, 4.69) is 6.92 Å². The van der Waals surface area contributed by atoms with Crippen molar-refractivity contribution in [3.8, 4) is 0 Å². The first kappa shape index (κ1) is 18.5. The molecule has 1 heterocycles. The molecule has 0 aliphatic carbocycles. The molecule has 0 atom stereocenters. The highest BCUT2D eigenvalue weighted by Crippen LogP contribution is 2.26. The van der Waals surface area contributed by atoms with Crippen molar-refractivity contribution in [3.63, 3.8) is 0 Å². The predicted molar refractivity (Wildman–Crippen MR) is 79.4 cm³/mol. The van der Waals surface area contributed by atoms with Gasteiger partial charge in [-0.15, -0.1) is 0 Å². The predicted octanol–water partition coefficient (Wildman–Crippen LogP) is 2.38. The van der Waals surface area contributed by atoms with Crippen molar-refractivity contribution in [2.24, 2.45) is 5.41 Å². The summed E-state index contributed by atoms with van der Waals surface area (Å²) in [6.07, 6.45) is 2.46. The van der Waals surface area contributed by atoms with Crippen molar-refractivity contribution in [3.05, 3.63) is 4.91 Å². The smallest absolute Gasteiger partial charge is 0.344 e. The Balaban J connectivity index is 2.49. The number of nitrogens with zero attached hydrogens (tertiary/aromatic N) is 2. The summed E-state index contributed by atoms with van der Waals surface area (Å²) >= 11 is 0. The van der Waals surface area contributed by atoms with Gasteiger partial charge in [0.05, 0.1) is 15.9 Å². The average molecular weight is 315 g/mol. The fourth-order valence-corrected chi connectivity index (χ4v) is 2.16. The van der Waals surface area contributed by atoms with Crippen molar-refractivity contribution in [1.82, 2.24) is 5.17 Å². The van der Waals surface area contributed by atoms with E-state index in [9.17, 15) is 14.5 Å². The number of carbonyl (C=O) groups is 2. The first-order valence-corrected chi connectivity index (χ1v) is 7.73. The van der Waals surface area contributed by atoms with E-state index in [-0.39, 0.29) is 18.6 Å². The van der Waals surface area contributed by atoms with Gasteiger partial charge < -0.3 is 4.74 Å². The SMILES string of the molecule is CCCC(C)(C)OCCC(C)(C)C(=O)ON1C(=O)CC[N+]1=O. The van der Waals surface area contributed by atoms with E-state index in [1.807, 2.05) is 13.8 Å². The largest absolute Gasteiger partial charge is 0.376 e. The summed E-state index contributed by atoms with van der Waals surface area (Å²) in [6.45, 7) is 9.96. The van der Waals surface area contributed by atoms with Crippen molar-refractivity contribution in [1.29, 1.82) is 0 Å². The number of ether oxygens (including phenoxy) is 1. The molecule has 7 heteroatoms. The third kappa shape index (κ3) is 5.05. The second-order valence-corrected chi connectivity index (χ2v) is 6.86. The van der Waals surface area contributed by atoms with Gasteiger partial charge in [-0.25, -0.2) is 4.79 Å². The van der Waals surface area contributed by atoms with Gasteiger partial charge in [0.25, 0.3) is 0 Å². The molecule has 0 saturated carbocycles. The molecule has 1 fully saturated rings. The van der Waals surface area contributed by atoms with E-state index in [1.54, 1.807) is 13.8 Å². The maximum atomic E-state index is 12.2. The number of hydrazine groups is 1. The van der Waals surface area contributed by atoms with Crippen LogP contribution in [0, 0.1) is 10.3 Å². The number of rotatable bonds is 8. The van der Waals surface area contributed by atoms with Gasteiger partial charge in [-0.1, -0.05) is 13.3 Å². The van der Waals surface area contributed by atoms with Crippen LogP contribution in [-0.2, 0) is 19.2 Å². The van der Waals surface area contributed by atoms with Crippen LogP contribution in [0.15, 0.2) is 0 Å². The van der Waals surface area contributed by atoms with Gasteiger partial charge in [0.15, 0.2) is 4.87 Å². The number of hydroxylamine groups is 1. The lowest BCUT2D eigenvalue weighted by atomic mass is 9.90. The minimum absolute atomic E-state index is 0.0147. The molecule has 1 saturated heterocycles. The summed E-state index contributed by atoms with van der Waals surface area (Å²) < 4.78 is 5.81. The van der Waals surface area contributed by atoms with Gasteiger partial charge in [-0.05, 0) is 40.5 Å². The van der Waals surface area contributed by atoms with Gasteiger partial charge in [-0.3, -0.25) is 9.63 Å². The molecule has 1 aliphatic heterocycles. The van der Waals surface area contributed by atoms with Crippen LogP contribution in [0.1, 0.15) is 60.3 Å². The van der Waals surface area contributed by atoms with E-state index in [0.717, 1.165) is 12.8 Å². The Morgan fingerprint density at radius 2 is 1.91 bits per heavy atom. The quantitative estimate of drug-likeness (QED) is 0.643. The zero-order valence-corrected chi connectivity index (χ0v) is 14.2. The van der Waals surface area contributed by atoms with E-state index < -0.39 is 17.3 Å². The summed E-state index contributed by atoms with van der Waals surface area (Å²) in [7, 11) is 0. The molecule has 0 aromatic rings. The van der Waals surface area contributed by atoms with Gasteiger partial charge >= 0.3 is 11.9 Å². The van der Waals surface area contributed by atoms with E-state index in [4.69, 9.17) is 9.57 Å².